The lowest BCUT2D eigenvalue weighted by molar-refractivity contribution is -0.133. The van der Waals surface area contributed by atoms with Crippen LogP contribution in [0.25, 0.3) is 0 Å². The predicted octanol–water partition coefficient (Wildman–Crippen LogP) is 3.36. The molecule has 0 N–H and O–H groups in total. The molecular weight excluding hydrogens is 186 g/mol. The Kier molecular flexibility index (Phi) is 5.74. The van der Waals surface area contributed by atoms with Crippen molar-refractivity contribution in [2.24, 2.45) is 0 Å². The van der Waals surface area contributed by atoms with Gasteiger partial charge in [0.15, 0.2) is 0 Å². The van der Waals surface area contributed by atoms with E-state index in [0.29, 0.717) is 11.9 Å². The largest absolute Gasteiger partial charge is 0.340 e. The number of carbonyl (C=O) groups is 1. The third kappa shape index (κ3) is 4.67. The molecule has 0 atom stereocenters. The van der Waals surface area contributed by atoms with E-state index in [1.165, 1.54) is 38.5 Å². The molecule has 0 bridgehead atoms. The molecule has 1 aliphatic rings. The van der Waals surface area contributed by atoms with Crippen LogP contribution in [0, 0.1) is 0 Å². The molecule has 15 heavy (non-hydrogen) atoms. The summed E-state index contributed by atoms with van der Waals surface area (Å²) in [6.45, 7) is 5.21. The molecule has 1 fully saturated rings. The Bertz CT molecular complexity index is 189. The van der Waals surface area contributed by atoms with Crippen LogP contribution in [0.2, 0.25) is 0 Å². The topological polar surface area (TPSA) is 20.3 Å². The first kappa shape index (κ1) is 12.5. The molecule has 0 aliphatic carbocycles. The van der Waals surface area contributed by atoms with E-state index in [9.17, 15) is 4.79 Å². The first-order chi connectivity index (χ1) is 7.22. The van der Waals surface area contributed by atoms with Gasteiger partial charge in [-0.3, -0.25) is 4.79 Å². The van der Waals surface area contributed by atoms with Gasteiger partial charge in [0.2, 0.25) is 5.91 Å². The number of amides is 1. The number of hydrogen-bond acceptors (Lipinski definition) is 1. The molecule has 0 unspecified atom stereocenters. The predicted molar refractivity (Wildman–Crippen MR) is 63.8 cm³/mol. The minimum atomic E-state index is 0.368. The first-order valence-corrected chi connectivity index (χ1v) is 6.51. The van der Waals surface area contributed by atoms with E-state index in [1.54, 1.807) is 0 Å². The highest BCUT2D eigenvalue weighted by Gasteiger charge is 2.16. The van der Waals surface area contributed by atoms with Crippen LogP contribution in [-0.2, 0) is 4.79 Å². The van der Waals surface area contributed by atoms with Crippen molar-refractivity contribution in [3.63, 3.8) is 0 Å². The third-order valence-electron chi connectivity index (χ3n) is 3.23. The standard InChI is InChI=1S/C13H25NO/c1-12(2)14-11-9-7-5-3-4-6-8-10-13(14)15/h12H,3-11H2,1-2H3. The van der Waals surface area contributed by atoms with Crippen molar-refractivity contribution >= 4 is 5.91 Å². The van der Waals surface area contributed by atoms with Crippen LogP contribution in [0.1, 0.15) is 65.2 Å². The summed E-state index contributed by atoms with van der Waals surface area (Å²) in [5.41, 5.74) is 0. The molecule has 0 radical (unpaired) electrons. The number of hydrogen-bond donors (Lipinski definition) is 0. The van der Waals surface area contributed by atoms with Gasteiger partial charge in [0, 0.05) is 19.0 Å². The number of rotatable bonds is 1. The van der Waals surface area contributed by atoms with Crippen LogP contribution in [0.4, 0.5) is 0 Å². The molecular formula is C13H25NO. The van der Waals surface area contributed by atoms with E-state index in [0.717, 1.165) is 19.4 Å². The number of nitrogens with zero attached hydrogens (tertiary/aromatic N) is 1. The third-order valence-corrected chi connectivity index (χ3v) is 3.23. The quantitative estimate of drug-likeness (QED) is 0.651. The summed E-state index contributed by atoms with van der Waals surface area (Å²) in [5, 5.41) is 0. The first-order valence-electron chi connectivity index (χ1n) is 6.51. The minimum Gasteiger partial charge on any atom is -0.340 e. The van der Waals surface area contributed by atoms with Crippen molar-refractivity contribution in [2.45, 2.75) is 71.3 Å². The van der Waals surface area contributed by atoms with E-state index in [4.69, 9.17) is 0 Å². The lowest BCUT2D eigenvalue weighted by Gasteiger charge is -2.26. The maximum atomic E-state index is 11.9. The van der Waals surface area contributed by atoms with E-state index in [2.05, 4.69) is 18.7 Å². The fourth-order valence-corrected chi connectivity index (χ4v) is 2.26. The number of carbonyl (C=O) groups excluding carboxylic acids is 1. The van der Waals surface area contributed by atoms with E-state index >= 15 is 0 Å². The molecule has 1 rings (SSSR count). The van der Waals surface area contributed by atoms with Crippen molar-refractivity contribution < 1.29 is 4.79 Å². The Morgan fingerprint density at radius 1 is 0.933 bits per heavy atom. The van der Waals surface area contributed by atoms with E-state index < -0.39 is 0 Å². The van der Waals surface area contributed by atoms with Crippen LogP contribution in [-0.4, -0.2) is 23.4 Å². The zero-order chi connectivity index (χ0) is 11.1. The molecule has 88 valence electrons. The van der Waals surface area contributed by atoms with Crippen molar-refractivity contribution in [1.82, 2.24) is 4.90 Å². The van der Waals surface area contributed by atoms with Gasteiger partial charge in [-0.05, 0) is 26.7 Å². The lowest BCUT2D eigenvalue weighted by Crippen LogP contribution is -2.37. The minimum absolute atomic E-state index is 0.368. The zero-order valence-electron chi connectivity index (χ0n) is 10.3. The molecule has 0 saturated carbocycles. The maximum absolute atomic E-state index is 11.9. The Morgan fingerprint density at radius 3 is 2.07 bits per heavy atom. The Morgan fingerprint density at radius 2 is 1.47 bits per heavy atom. The van der Waals surface area contributed by atoms with Gasteiger partial charge in [0.25, 0.3) is 0 Å². The highest BCUT2D eigenvalue weighted by molar-refractivity contribution is 5.76. The summed E-state index contributed by atoms with van der Waals surface area (Å²) in [4.78, 5) is 14.0. The van der Waals surface area contributed by atoms with E-state index in [-0.39, 0.29) is 0 Å². The summed E-state index contributed by atoms with van der Waals surface area (Å²) in [6.07, 6.45) is 9.57. The highest BCUT2D eigenvalue weighted by atomic mass is 16.2. The van der Waals surface area contributed by atoms with Gasteiger partial charge in [-0.25, -0.2) is 0 Å². The Labute approximate surface area is 94.0 Å². The Hall–Kier alpha value is -0.530. The molecule has 1 amide bonds. The molecule has 1 saturated heterocycles. The molecule has 1 aliphatic heterocycles. The second-order valence-corrected chi connectivity index (χ2v) is 4.91. The molecule has 1 heterocycles. The van der Waals surface area contributed by atoms with Crippen LogP contribution < -0.4 is 0 Å². The second kappa shape index (κ2) is 6.86. The molecule has 0 aromatic carbocycles. The molecule has 2 nitrogen and oxygen atoms in total. The summed E-state index contributed by atoms with van der Waals surface area (Å²) < 4.78 is 0. The van der Waals surface area contributed by atoms with Crippen LogP contribution >= 0.6 is 0 Å². The van der Waals surface area contributed by atoms with Gasteiger partial charge < -0.3 is 4.90 Å². The van der Waals surface area contributed by atoms with Crippen molar-refractivity contribution in [3.8, 4) is 0 Å². The van der Waals surface area contributed by atoms with Gasteiger partial charge in [-0.1, -0.05) is 32.1 Å². The zero-order valence-corrected chi connectivity index (χ0v) is 10.3. The van der Waals surface area contributed by atoms with Gasteiger partial charge in [-0.2, -0.15) is 0 Å². The summed E-state index contributed by atoms with van der Waals surface area (Å²) >= 11 is 0. The summed E-state index contributed by atoms with van der Waals surface area (Å²) in [7, 11) is 0. The fourth-order valence-electron chi connectivity index (χ4n) is 2.26. The van der Waals surface area contributed by atoms with Crippen LogP contribution in [0.15, 0.2) is 0 Å². The van der Waals surface area contributed by atoms with E-state index in [1.807, 2.05) is 0 Å². The SMILES string of the molecule is CC(C)N1CCCCCCCCCC1=O. The van der Waals surface area contributed by atoms with Crippen molar-refractivity contribution in [3.05, 3.63) is 0 Å². The normalized spacial score (nSPS) is 21.5. The molecule has 0 spiro atoms. The fraction of sp³-hybridized carbons (Fsp3) is 0.923. The molecule has 0 aromatic heterocycles. The summed E-state index contributed by atoms with van der Waals surface area (Å²) in [6, 6.07) is 0.373. The molecule has 0 aromatic rings. The van der Waals surface area contributed by atoms with Gasteiger partial charge in [0.1, 0.15) is 0 Å². The maximum Gasteiger partial charge on any atom is 0.222 e. The Balaban J connectivity index is 2.46. The smallest absolute Gasteiger partial charge is 0.222 e. The average Bonchev–Trinajstić information content (AvgIpc) is 2.23. The van der Waals surface area contributed by atoms with Gasteiger partial charge in [-0.15, -0.1) is 0 Å². The highest BCUT2D eigenvalue weighted by Crippen LogP contribution is 2.14. The lowest BCUT2D eigenvalue weighted by atomic mass is 10.1. The van der Waals surface area contributed by atoms with Crippen LogP contribution in [0.5, 0.6) is 0 Å². The van der Waals surface area contributed by atoms with Crippen LogP contribution in [0.3, 0.4) is 0 Å². The second-order valence-electron chi connectivity index (χ2n) is 4.91. The monoisotopic (exact) mass is 211 g/mol. The van der Waals surface area contributed by atoms with Gasteiger partial charge in [0.05, 0.1) is 0 Å². The average molecular weight is 211 g/mol. The van der Waals surface area contributed by atoms with Crippen molar-refractivity contribution in [1.29, 1.82) is 0 Å². The summed E-state index contributed by atoms with van der Waals surface area (Å²) in [5.74, 6) is 0.368. The van der Waals surface area contributed by atoms with Gasteiger partial charge >= 0.3 is 0 Å². The van der Waals surface area contributed by atoms with Crippen molar-refractivity contribution in [2.75, 3.05) is 6.54 Å². The molecule has 2 heteroatoms.